The van der Waals surface area contributed by atoms with Crippen molar-refractivity contribution >= 4 is 17.7 Å². The first-order chi connectivity index (χ1) is 12.3. The minimum Gasteiger partial charge on any atom is -0.327 e. The lowest BCUT2D eigenvalue weighted by Crippen LogP contribution is -2.44. The van der Waals surface area contributed by atoms with Gasteiger partial charge in [-0.2, -0.15) is 5.26 Å². The summed E-state index contributed by atoms with van der Waals surface area (Å²) in [5, 5.41) is 18.6. The van der Waals surface area contributed by atoms with Crippen LogP contribution in [0.1, 0.15) is 40.2 Å². The van der Waals surface area contributed by atoms with Gasteiger partial charge in [0, 0.05) is 18.7 Å². The summed E-state index contributed by atoms with van der Waals surface area (Å²) in [4.78, 5) is 13.9. The molecule has 1 atom stereocenters. The van der Waals surface area contributed by atoms with Crippen molar-refractivity contribution in [3.63, 3.8) is 0 Å². The number of hydrogen-bond donors (Lipinski definition) is 0. The van der Waals surface area contributed by atoms with Crippen molar-refractivity contribution in [2.24, 2.45) is 0 Å². The van der Waals surface area contributed by atoms with Gasteiger partial charge in [0.25, 0.3) is 0 Å². The van der Waals surface area contributed by atoms with Gasteiger partial charge in [-0.05, 0) is 27.2 Å². The molecule has 138 valence electrons. The number of nitriles is 1. The van der Waals surface area contributed by atoms with Crippen molar-refractivity contribution in [3.05, 3.63) is 30.3 Å². The first-order valence-electron chi connectivity index (χ1n) is 8.62. The molecule has 0 saturated carbocycles. The number of thioether (sulfide) groups is 1. The van der Waals surface area contributed by atoms with Crippen LogP contribution in [0.3, 0.4) is 0 Å². The van der Waals surface area contributed by atoms with Gasteiger partial charge >= 0.3 is 0 Å². The molecular weight excluding hydrogens is 346 g/mol. The highest BCUT2D eigenvalue weighted by molar-refractivity contribution is 7.99. The first kappa shape index (κ1) is 20.0. The van der Waals surface area contributed by atoms with Gasteiger partial charge in [0.2, 0.25) is 5.91 Å². The fourth-order valence-electron chi connectivity index (χ4n) is 2.35. The van der Waals surface area contributed by atoms with Gasteiger partial charge in [-0.15, -0.1) is 10.2 Å². The van der Waals surface area contributed by atoms with E-state index in [0.717, 1.165) is 23.0 Å². The Morgan fingerprint density at radius 1 is 1.35 bits per heavy atom. The highest BCUT2D eigenvalue weighted by Gasteiger charge is 2.28. The van der Waals surface area contributed by atoms with E-state index in [1.807, 2.05) is 30.3 Å². The van der Waals surface area contributed by atoms with Crippen LogP contribution in [0.4, 0.5) is 0 Å². The van der Waals surface area contributed by atoms with Crippen LogP contribution in [0.15, 0.2) is 35.5 Å². The molecule has 1 amide bonds. The Labute approximate surface area is 159 Å². The SMILES string of the molecule is CC[C@H](C)n1c(SCC(=O)N(C)C(C)(C)C#N)nnc1-c1ccccc1. The topological polar surface area (TPSA) is 74.8 Å². The Bertz CT molecular complexity index is 794. The summed E-state index contributed by atoms with van der Waals surface area (Å²) in [5.41, 5.74) is 0.165. The summed E-state index contributed by atoms with van der Waals surface area (Å²) in [5.74, 6) is 0.910. The lowest BCUT2D eigenvalue weighted by atomic mass is 10.1. The smallest absolute Gasteiger partial charge is 0.234 e. The quantitative estimate of drug-likeness (QED) is 0.693. The fraction of sp³-hybridized carbons (Fsp3) is 0.474. The molecule has 0 unspecified atom stereocenters. The van der Waals surface area contributed by atoms with E-state index < -0.39 is 5.54 Å². The van der Waals surface area contributed by atoms with Crippen molar-refractivity contribution in [1.29, 1.82) is 5.26 Å². The van der Waals surface area contributed by atoms with Crippen molar-refractivity contribution in [3.8, 4) is 17.5 Å². The number of carbonyl (C=O) groups excluding carboxylic acids is 1. The highest BCUT2D eigenvalue weighted by Crippen LogP contribution is 2.29. The molecule has 1 aromatic heterocycles. The van der Waals surface area contributed by atoms with E-state index in [-0.39, 0.29) is 17.7 Å². The zero-order valence-electron chi connectivity index (χ0n) is 15.9. The van der Waals surface area contributed by atoms with Crippen LogP contribution in [0.25, 0.3) is 11.4 Å². The third-order valence-corrected chi connectivity index (χ3v) is 5.47. The zero-order valence-corrected chi connectivity index (χ0v) is 16.7. The molecule has 0 saturated heterocycles. The van der Waals surface area contributed by atoms with E-state index in [9.17, 15) is 10.1 Å². The average Bonchev–Trinajstić information content (AvgIpc) is 3.09. The molecule has 0 fully saturated rings. The van der Waals surface area contributed by atoms with Crippen LogP contribution < -0.4 is 0 Å². The van der Waals surface area contributed by atoms with Gasteiger partial charge in [0.05, 0.1) is 11.8 Å². The molecule has 0 spiro atoms. The van der Waals surface area contributed by atoms with Crippen molar-refractivity contribution in [2.75, 3.05) is 12.8 Å². The van der Waals surface area contributed by atoms with Crippen LogP contribution in [0.2, 0.25) is 0 Å². The Morgan fingerprint density at radius 3 is 2.58 bits per heavy atom. The van der Waals surface area contributed by atoms with E-state index in [0.29, 0.717) is 0 Å². The Morgan fingerprint density at radius 2 is 2.00 bits per heavy atom. The van der Waals surface area contributed by atoms with E-state index in [4.69, 9.17) is 0 Å². The van der Waals surface area contributed by atoms with Gasteiger partial charge in [-0.25, -0.2) is 0 Å². The standard InChI is InChI=1S/C19H25N5OS/c1-6-14(2)24-17(15-10-8-7-9-11-15)21-22-18(24)26-12-16(25)23(5)19(3,4)13-20/h7-11,14H,6,12H2,1-5H3/t14-/m0/s1. The molecule has 6 nitrogen and oxygen atoms in total. The summed E-state index contributed by atoms with van der Waals surface area (Å²) < 4.78 is 2.09. The summed E-state index contributed by atoms with van der Waals surface area (Å²) in [6, 6.07) is 12.3. The summed E-state index contributed by atoms with van der Waals surface area (Å²) in [6.07, 6.45) is 0.931. The number of rotatable bonds is 7. The average molecular weight is 372 g/mol. The van der Waals surface area contributed by atoms with Crippen molar-refractivity contribution in [1.82, 2.24) is 19.7 Å². The minimum atomic E-state index is -0.836. The molecule has 0 aliphatic heterocycles. The number of hydrogen-bond acceptors (Lipinski definition) is 5. The largest absolute Gasteiger partial charge is 0.327 e. The predicted molar refractivity (Wildman–Crippen MR) is 104 cm³/mol. The van der Waals surface area contributed by atoms with Gasteiger partial charge in [0.15, 0.2) is 11.0 Å². The number of nitrogens with zero attached hydrogens (tertiary/aromatic N) is 5. The summed E-state index contributed by atoms with van der Waals surface area (Å²) >= 11 is 1.36. The Hall–Kier alpha value is -2.33. The molecule has 1 heterocycles. The second-order valence-electron chi connectivity index (χ2n) is 6.71. The molecule has 0 aliphatic rings. The molecular formula is C19H25N5OS. The molecule has 2 aromatic rings. The van der Waals surface area contributed by atoms with E-state index in [1.165, 1.54) is 16.7 Å². The van der Waals surface area contributed by atoms with E-state index in [2.05, 4.69) is 34.7 Å². The van der Waals surface area contributed by atoms with Crippen molar-refractivity contribution < 1.29 is 4.79 Å². The molecule has 0 N–H and O–H groups in total. The molecule has 0 radical (unpaired) electrons. The van der Waals surface area contributed by atoms with E-state index in [1.54, 1.807) is 20.9 Å². The molecule has 0 bridgehead atoms. The molecule has 2 rings (SSSR count). The van der Waals surface area contributed by atoms with Gasteiger partial charge in [-0.1, -0.05) is 49.0 Å². The number of carbonyl (C=O) groups is 1. The molecule has 0 aliphatic carbocycles. The number of aromatic nitrogens is 3. The van der Waals surface area contributed by atoms with E-state index >= 15 is 0 Å². The second-order valence-corrected chi connectivity index (χ2v) is 7.65. The monoisotopic (exact) mass is 371 g/mol. The molecule has 7 heteroatoms. The molecule has 1 aromatic carbocycles. The van der Waals surface area contributed by atoms with Crippen LogP contribution in [-0.4, -0.2) is 43.9 Å². The Kier molecular flexibility index (Phi) is 6.43. The van der Waals surface area contributed by atoms with Crippen molar-refractivity contribution in [2.45, 2.75) is 50.9 Å². The number of amides is 1. The van der Waals surface area contributed by atoms with Crippen LogP contribution in [-0.2, 0) is 4.79 Å². The maximum absolute atomic E-state index is 12.4. The fourth-order valence-corrected chi connectivity index (χ4v) is 3.30. The Balaban J connectivity index is 2.24. The first-order valence-corrected chi connectivity index (χ1v) is 9.61. The zero-order chi connectivity index (χ0) is 19.3. The molecule has 26 heavy (non-hydrogen) atoms. The lowest BCUT2D eigenvalue weighted by Gasteiger charge is -2.29. The van der Waals surface area contributed by atoms with Gasteiger partial charge < -0.3 is 4.90 Å². The third kappa shape index (κ3) is 4.25. The van der Waals surface area contributed by atoms with Gasteiger partial charge in [0.1, 0.15) is 5.54 Å². The van der Waals surface area contributed by atoms with Crippen LogP contribution >= 0.6 is 11.8 Å². The maximum atomic E-state index is 12.4. The summed E-state index contributed by atoms with van der Waals surface area (Å²) in [7, 11) is 1.65. The third-order valence-electron chi connectivity index (χ3n) is 4.54. The lowest BCUT2D eigenvalue weighted by molar-refractivity contribution is -0.130. The highest BCUT2D eigenvalue weighted by atomic mass is 32.2. The van der Waals surface area contributed by atoms with Gasteiger partial charge in [-0.3, -0.25) is 9.36 Å². The predicted octanol–water partition coefficient (Wildman–Crippen LogP) is 3.77. The number of benzene rings is 1. The van der Waals surface area contributed by atoms with Crippen LogP contribution in [0.5, 0.6) is 0 Å². The maximum Gasteiger partial charge on any atom is 0.234 e. The second kappa shape index (κ2) is 8.37. The minimum absolute atomic E-state index is 0.110. The van der Waals surface area contributed by atoms with Crippen LogP contribution in [0, 0.1) is 11.3 Å². The normalized spacial score (nSPS) is 12.5. The summed E-state index contributed by atoms with van der Waals surface area (Å²) in [6.45, 7) is 7.68.